The summed E-state index contributed by atoms with van der Waals surface area (Å²) in [5, 5.41) is 13.1. The van der Waals surface area contributed by atoms with Crippen LogP contribution < -0.4 is 16.2 Å². The molecular weight excluding hydrogens is 352 g/mol. The van der Waals surface area contributed by atoms with Gasteiger partial charge in [0.25, 0.3) is 5.56 Å². The maximum absolute atomic E-state index is 12.2. The van der Waals surface area contributed by atoms with Crippen molar-refractivity contribution in [1.82, 2.24) is 15.5 Å². The zero-order valence-electron chi connectivity index (χ0n) is 16.4. The fraction of sp³-hybridized carbons (Fsp3) is 0.409. The highest BCUT2D eigenvalue weighted by Crippen LogP contribution is 2.29. The molecule has 28 heavy (non-hydrogen) atoms. The van der Waals surface area contributed by atoms with Gasteiger partial charge in [-0.25, -0.2) is 5.10 Å². The summed E-state index contributed by atoms with van der Waals surface area (Å²) in [4.78, 5) is 24.3. The van der Waals surface area contributed by atoms with Crippen LogP contribution in [0.15, 0.2) is 41.2 Å². The van der Waals surface area contributed by atoms with Crippen molar-refractivity contribution >= 4 is 11.6 Å². The van der Waals surface area contributed by atoms with Crippen LogP contribution in [0, 0.1) is 0 Å². The molecule has 3 N–H and O–H groups in total. The van der Waals surface area contributed by atoms with E-state index in [1.165, 1.54) is 0 Å². The highest BCUT2D eigenvalue weighted by atomic mass is 16.1. The fourth-order valence-corrected chi connectivity index (χ4v) is 3.54. The van der Waals surface area contributed by atoms with Gasteiger partial charge in [-0.3, -0.25) is 9.59 Å². The topological polar surface area (TPSA) is 86.9 Å². The third kappa shape index (κ3) is 5.16. The highest BCUT2D eigenvalue weighted by molar-refractivity contribution is 5.91. The molecule has 148 valence electrons. The number of H-pyrrole nitrogens is 1. The summed E-state index contributed by atoms with van der Waals surface area (Å²) in [6.45, 7) is 7.38. The first-order valence-electron chi connectivity index (χ1n) is 9.90. The molecule has 3 rings (SSSR count). The standard InChI is InChI=1S/C22H28N4O2/c1-15(2)14-23-12-6-11-20(27)24-17-8-5-7-16(13-17)21-18-9-3-4-10-19(18)22(28)26-25-21/h5,7-8,13,23H,1,3-4,6,9-12,14H2,2H3,(H,24,27)(H,26,28). The van der Waals surface area contributed by atoms with Gasteiger partial charge in [0.2, 0.25) is 5.91 Å². The molecule has 1 aliphatic carbocycles. The maximum Gasteiger partial charge on any atom is 0.267 e. The summed E-state index contributed by atoms with van der Waals surface area (Å²) in [6.07, 6.45) is 5.01. The van der Waals surface area contributed by atoms with Gasteiger partial charge in [-0.15, -0.1) is 0 Å². The van der Waals surface area contributed by atoms with Gasteiger partial charge in [0.15, 0.2) is 0 Å². The third-order valence-corrected chi connectivity index (χ3v) is 4.90. The largest absolute Gasteiger partial charge is 0.326 e. The van der Waals surface area contributed by atoms with E-state index >= 15 is 0 Å². The summed E-state index contributed by atoms with van der Waals surface area (Å²) < 4.78 is 0. The zero-order chi connectivity index (χ0) is 19.9. The Morgan fingerprint density at radius 1 is 1.25 bits per heavy atom. The van der Waals surface area contributed by atoms with Crippen LogP contribution in [-0.2, 0) is 17.6 Å². The molecule has 1 amide bonds. The van der Waals surface area contributed by atoms with Gasteiger partial charge in [-0.2, -0.15) is 5.10 Å². The number of hydrogen-bond donors (Lipinski definition) is 3. The van der Waals surface area contributed by atoms with E-state index in [1.54, 1.807) is 0 Å². The summed E-state index contributed by atoms with van der Waals surface area (Å²) in [5.74, 6) is -0.00858. The SMILES string of the molecule is C=C(C)CNCCCC(=O)Nc1cccc(-c2n[nH]c(=O)c3c2CCCC3)c1. The molecule has 1 aromatic heterocycles. The van der Waals surface area contributed by atoms with E-state index < -0.39 is 0 Å². The number of aromatic amines is 1. The minimum atomic E-state index is -0.0804. The van der Waals surface area contributed by atoms with Crippen molar-refractivity contribution in [3.05, 3.63) is 57.9 Å². The first-order chi connectivity index (χ1) is 13.5. The zero-order valence-corrected chi connectivity index (χ0v) is 16.4. The molecule has 0 unspecified atom stereocenters. The summed E-state index contributed by atoms with van der Waals surface area (Å²) in [7, 11) is 0. The van der Waals surface area contributed by atoms with E-state index in [1.807, 2.05) is 31.2 Å². The lowest BCUT2D eigenvalue weighted by molar-refractivity contribution is -0.116. The molecule has 0 radical (unpaired) electrons. The molecule has 6 nitrogen and oxygen atoms in total. The molecular formula is C22H28N4O2. The van der Waals surface area contributed by atoms with Crippen molar-refractivity contribution in [2.24, 2.45) is 0 Å². The van der Waals surface area contributed by atoms with E-state index in [0.29, 0.717) is 6.42 Å². The lowest BCUT2D eigenvalue weighted by Crippen LogP contribution is -2.21. The average Bonchev–Trinajstić information content (AvgIpc) is 2.68. The van der Waals surface area contributed by atoms with Crippen LogP contribution >= 0.6 is 0 Å². The molecule has 2 aromatic rings. The van der Waals surface area contributed by atoms with Crippen LogP contribution in [0.25, 0.3) is 11.3 Å². The van der Waals surface area contributed by atoms with E-state index in [2.05, 4.69) is 27.4 Å². The van der Waals surface area contributed by atoms with Gasteiger partial charge < -0.3 is 10.6 Å². The van der Waals surface area contributed by atoms with Gasteiger partial charge >= 0.3 is 0 Å². The number of rotatable bonds is 8. The van der Waals surface area contributed by atoms with E-state index in [0.717, 1.165) is 78.8 Å². The van der Waals surface area contributed by atoms with E-state index in [9.17, 15) is 9.59 Å². The Bertz CT molecular complexity index is 917. The minimum Gasteiger partial charge on any atom is -0.326 e. The number of benzene rings is 1. The number of carbonyl (C=O) groups is 1. The predicted octanol–water partition coefficient (Wildman–Crippen LogP) is 3.20. The molecule has 0 bridgehead atoms. The number of aromatic nitrogens is 2. The van der Waals surface area contributed by atoms with Crippen molar-refractivity contribution in [3.63, 3.8) is 0 Å². The molecule has 0 spiro atoms. The molecule has 1 heterocycles. The Balaban J connectivity index is 1.66. The van der Waals surface area contributed by atoms with Crippen LogP contribution in [0.3, 0.4) is 0 Å². The molecule has 0 fully saturated rings. The fourth-order valence-electron chi connectivity index (χ4n) is 3.54. The normalized spacial score (nSPS) is 13.0. The third-order valence-electron chi connectivity index (χ3n) is 4.90. The number of anilines is 1. The van der Waals surface area contributed by atoms with Crippen molar-refractivity contribution in [3.8, 4) is 11.3 Å². The lowest BCUT2D eigenvalue weighted by atomic mass is 9.90. The number of nitrogens with zero attached hydrogens (tertiary/aromatic N) is 1. The van der Waals surface area contributed by atoms with Crippen LogP contribution in [0.2, 0.25) is 0 Å². The van der Waals surface area contributed by atoms with Gasteiger partial charge in [-0.05, 0) is 63.3 Å². The van der Waals surface area contributed by atoms with Gasteiger partial charge in [-0.1, -0.05) is 24.3 Å². The Hall–Kier alpha value is -2.73. The maximum atomic E-state index is 12.2. The van der Waals surface area contributed by atoms with Crippen LogP contribution in [0.4, 0.5) is 5.69 Å². The average molecular weight is 380 g/mol. The van der Waals surface area contributed by atoms with Crippen molar-refractivity contribution in [1.29, 1.82) is 0 Å². The van der Waals surface area contributed by atoms with Crippen LogP contribution in [-0.4, -0.2) is 29.2 Å². The number of carbonyl (C=O) groups excluding carboxylic acids is 1. The predicted molar refractivity (Wildman–Crippen MR) is 112 cm³/mol. The van der Waals surface area contributed by atoms with Gasteiger partial charge in [0, 0.05) is 29.8 Å². The van der Waals surface area contributed by atoms with E-state index in [4.69, 9.17) is 0 Å². The van der Waals surface area contributed by atoms with Crippen molar-refractivity contribution in [2.45, 2.75) is 45.4 Å². The van der Waals surface area contributed by atoms with Crippen molar-refractivity contribution in [2.75, 3.05) is 18.4 Å². The van der Waals surface area contributed by atoms with Crippen molar-refractivity contribution < 1.29 is 4.79 Å². The number of nitrogens with one attached hydrogen (secondary N) is 3. The molecule has 0 saturated carbocycles. The second-order valence-electron chi connectivity index (χ2n) is 7.43. The monoisotopic (exact) mass is 380 g/mol. The molecule has 0 aliphatic heterocycles. The lowest BCUT2D eigenvalue weighted by Gasteiger charge is -2.17. The highest BCUT2D eigenvalue weighted by Gasteiger charge is 2.19. The Morgan fingerprint density at radius 2 is 2.04 bits per heavy atom. The Kier molecular flexibility index (Phi) is 6.76. The second kappa shape index (κ2) is 9.46. The minimum absolute atomic E-state index is 0.00858. The first-order valence-corrected chi connectivity index (χ1v) is 9.90. The molecule has 0 saturated heterocycles. The summed E-state index contributed by atoms with van der Waals surface area (Å²) in [6, 6.07) is 7.67. The van der Waals surface area contributed by atoms with Gasteiger partial charge in [0.1, 0.15) is 0 Å². The number of fused-ring (bicyclic) bond motifs is 1. The Labute approximate surface area is 165 Å². The van der Waals surface area contributed by atoms with Gasteiger partial charge in [0.05, 0.1) is 5.69 Å². The first kappa shape index (κ1) is 20.0. The summed E-state index contributed by atoms with van der Waals surface area (Å²) >= 11 is 0. The molecule has 1 aromatic carbocycles. The van der Waals surface area contributed by atoms with E-state index in [-0.39, 0.29) is 11.5 Å². The molecule has 0 atom stereocenters. The smallest absolute Gasteiger partial charge is 0.267 e. The molecule has 1 aliphatic rings. The summed E-state index contributed by atoms with van der Waals surface area (Å²) in [5.41, 5.74) is 5.37. The number of amides is 1. The number of hydrogen-bond acceptors (Lipinski definition) is 4. The second-order valence-corrected chi connectivity index (χ2v) is 7.43. The quantitative estimate of drug-likeness (QED) is 0.485. The Morgan fingerprint density at radius 3 is 2.82 bits per heavy atom. The van der Waals surface area contributed by atoms with Crippen LogP contribution in [0.1, 0.15) is 43.7 Å². The van der Waals surface area contributed by atoms with Crippen LogP contribution in [0.5, 0.6) is 0 Å². The molecule has 6 heteroatoms.